The quantitative estimate of drug-likeness (QED) is 0.697. The lowest BCUT2D eigenvalue weighted by Crippen LogP contribution is -2.44. The van der Waals surface area contributed by atoms with E-state index in [1.165, 1.54) is 0 Å². The van der Waals surface area contributed by atoms with Crippen LogP contribution in [0.2, 0.25) is 0 Å². The van der Waals surface area contributed by atoms with Gasteiger partial charge in [-0.25, -0.2) is 19.0 Å². The summed E-state index contributed by atoms with van der Waals surface area (Å²) < 4.78 is 24.2. The van der Waals surface area contributed by atoms with Crippen LogP contribution in [0.5, 0.6) is 0 Å². The van der Waals surface area contributed by atoms with Crippen LogP contribution >= 0.6 is 15.9 Å². The zero-order valence-corrected chi connectivity index (χ0v) is 15.5. The maximum atomic E-state index is 13.7. The Hall–Kier alpha value is -1.70. The highest BCUT2D eigenvalue weighted by molar-refractivity contribution is 9.10. The number of ether oxygens (including phenoxy) is 2. The number of hydrogen-bond donors (Lipinski definition) is 0. The summed E-state index contributed by atoms with van der Waals surface area (Å²) in [6.45, 7) is 9.88. The molecule has 8 heteroatoms. The van der Waals surface area contributed by atoms with Gasteiger partial charge in [0.25, 0.3) is 0 Å². The van der Waals surface area contributed by atoms with E-state index >= 15 is 0 Å². The first-order valence-electron chi connectivity index (χ1n) is 6.87. The number of carbonyl (C=O) groups excluding carboxylic acids is 2. The smallest absolute Gasteiger partial charge is 0.425 e. The van der Waals surface area contributed by atoms with E-state index in [-0.39, 0.29) is 10.3 Å². The normalized spacial score (nSPS) is 11.8. The Morgan fingerprint density at radius 1 is 1.09 bits per heavy atom. The first-order chi connectivity index (χ1) is 10.3. The number of carbonyl (C=O) groups is 2. The molecule has 128 valence electrons. The SMILES string of the molecule is CC(C)(C)OC(=O)N(C(=O)OC(C)(C)C)c1cc(F)c(Br)cn1. The van der Waals surface area contributed by atoms with Crippen molar-refractivity contribution >= 4 is 33.9 Å². The molecule has 0 atom stereocenters. The number of pyridine rings is 1. The van der Waals surface area contributed by atoms with Crippen LogP contribution in [-0.2, 0) is 9.47 Å². The Morgan fingerprint density at radius 2 is 1.52 bits per heavy atom. The summed E-state index contributed by atoms with van der Waals surface area (Å²) in [7, 11) is 0. The second-order valence-electron chi connectivity index (χ2n) is 6.75. The molecule has 0 unspecified atom stereocenters. The molecule has 0 aliphatic carbocycles. The first kappa shape index (κ1) is 19.3. The minimum Gasteiger partial charge on any atom is -0.443 e. The van der Waals surface area contributed by atoms with Gasteiger partial charge in [-0.3, -0.25) is 0 Å². The third-order valence-corrected chi connectivity index (χ3v) is 2.76. The van der Waals surface area contributed by atoms with Crippen LogP contribution in [0.15, 0.2) is 16.7 Å². The van der Waals surface area contributed by atoms with E-state index in [0.717, 1.165) is 12.3 Å². The third-order valence-electron chi connectivity index (χ3n) is 2.18. The van der Waals surface area contributed by atoms with Crippen LogP contribution < -0.4 is 4.90 Å². The van der Waals surface area contributed by atoms with Crippen molar-refractivity contribution in [2.24, 2.45) is 0 Å². The summed E-state index contributed by atoms with van der Waals surface area (Å²) in [6, 6.07) is 0.942. The third kappa shape index (κ3) is 6.13. The fourth-order valence-corrected chi connectivity index (χ4v) is 1.62. The average molecular weight is 391 g/mol. The second kappa shape index (κ2) is 6.82. The van der Waals surface area contributed by atoms with E-state index in [1.807, 2.05) is 0 Å². The number of aromatic nitrogens is 1. The molecule has 1 aromatic heterocycles. The molecule has 0 bridgehead atoms. The van der Waals surface area contributed by atoms with Crippen LogP contribution in [0.4, 0.5) is 19.8 Å². The summed E-state index contributed by atoms with van der Waals surface area (Å²) in [6.07, 6.45) is -0.853. The standard InChI is InChI=1S/C15H20BrFN2O4/c1-14(2,3)22-12(20)19(13(21)23-15(4,5)6)11-7-10(17)9(16)8-18-11/h7-8H,1-6H3. The van der Waals surface area contributed by atoms with Crippen molar-refractivity contribution < 1.29 is 23.5 Å². The molecular formula is C15H20BrFN2O4. The van der Waals surface area contributed by atoms with Crippen LogP contribution in [0.1, 0.15) is 41.5 Å². The van der Waals surface area contributed by atoms with Gasteiger partial charge >= 0.3 is 12.2 Å². The second-order valence-corrected chi connectivity index (χ2v) is 7.61. The topological polar surface area (TPSA) is 68.7 Å². The van der Waals surface area contributed by atoms with Crippen LogP contribution in [0.25, 0.3) is 0 Å². The summed E-state index contributed by atoms with van der Waals surface area (Å²) in [5.74, 6) is -0.902. The lowest BCUT2D eigenvalue weighted by molar-refractivity contribution is 0.0429. The number of halogens is 2. The molecule has 0 radical (unpaired) electrons. The minimum atomic E-state index is -0.999. The van der Waals surface area contributed by atoms with Gasteiger partial charge in [0.15, 0.2) is 5.82 Å². The summed E-state index contributed by atoms with van der Waals surface area (Å²) >= 11 is 2.96. The molecule has 2 amide bonds. The summed E-state index contributed by atoms with van der Waals surface area (Å²) in [4.78, 5) is 29.1. The van der Waals surface area contributed by atoms with Crippen molar-refractivity contribution in [1.29, 1.82) is 0 Å². The summed E-state index contributed by atoms with van der Waals surface area (Å²) in [5.41, 5.74) is -1.68. The average Bonchev–Trinajstić information content (AvgIpc) is 2.29. The zero-order valence-electron chi connectivity index (χ0n) is 13.9. The van der Waals surface area contributed by atoms with Gasteiger partial charge in [0.2, 0.25) is 0 Å². The predicted molar refractivity (Wildman–Crippen MR) is 86.8 cm³/mol. The molecule has 0 saturated heterocycles. The van der Waals surface area contributed by atoms with Gasteiger partial charge in [-0.15, -0.1) is 0 Å². The highest BCUT2D eigenvalue weighted by atomic mass is 79.9. The Kier molecular flexibility index (Phi) is 5.74. The van der Waals surface area contributed by atoms with Gasteiger partial charge in [0.1, 0.15) is 17.0 Å². The minimum absolute atomic E-state index is 0.106. The maximum Gasteiger partial charge on any atom is 0.425 e. The maximum absolute atomic E-state index is 13.7. The Labute approximate surface area is 143 Å². The molecule has 0 N–H and O–H groups in total. The van der Waals surface area contributed by atoms with Gasteiger partial charge in [0.05, 0.1) is 4.47 Å². The number of amides is 2. The predicted octanol–water partition coefficient (Wildman–Crippen LogP) is 4.66. The van der Waals surface area contributed by atoms with E-state index < -0.39 is 29.2 Å². The van der Waals surface area contributed by atoms with Gasteiger partial charge in [-0.1, -0.05) is 0 Å². The Morgan fingerprint density at radius 3 is 1.87 bits per heavy atom. The highest BCUT2D eigenvalue weighted by Gasteiger charge is 2.33. The molecule has 0 fully saturated rings. The molecule has 0 aliphatic rings. The summed E-state index contributed by atoms with van der Waals surface area (Å²) in [5, 5.41) is 0. The molecule has 6 nitrogen and oxygen atoms in total. The molecule has 0 aliphatic heterocycles. The van der Waals surface area contributed by atoms with Gasteiger partial charge in [-0.05, 0) is 57.5 Å². The molecule has 1 heterocycles. The highest BCUT2D eigenvalue weighted by Crippen LogP contribution is 2.23. The molecule has 23 heavy (non-hydrogen) atoms. The monoisotopic (exact) mass is 390 g/mol. The Balaban J connectivity index is 3.22. The number of anilines is 1. The number of rotatable bonds is 1. The van der Waals surface area contributed by atoms with Crippen LogP contribution in [0.3, 0.4) is 0 Å². The van der Waals surface area contributed by atoms with Crippen molar-refractivity contribution in [3.05, 3.63) is 22.6 Å². The van der Waals surface area contributed by atoms with E-state index in [9.17, 15) is 14.0 Å². The molecule has 0 saturated carbocycles. The van der Waals surface area contributed by atoms with E-state index in [0.29, 0.717) is 4.90 Å². The van der Waals surface area contributed by atoms with Crippen molar-refractivity contribution in [3.8, 4) is 0 Å². The zero-order chi connectivity index (χ0) is 18.0. The molecule has 1 rings (SSSR count). The van der Waals surface area contributed by atoms with Crippen molar-refractivity contribution in [2.45, 2.75) is 52.7 Å². The van der Waals surface area contributed by atoms with Crippen molar-refractivity contribution in [2.75, 3.05) is 4.90 Å². The largest absolute Gasteiger partial charge is 0.443 e. The van der Waals surface area contributed by atoms with Gasteiger partial charge < -0.3 is 9.47 Å². The number of hydrogen-bond acceptors (Lipinski definition) is 5. The molecule has 0 aromatic carbocycles. The molecular weight excluding hydrogens is 371 g/mol. The number of nitrogens with zero attached hydrogens (tertiary/aromatic N) is 2. The van der Waals surface area contributed by atoms with Crippen LogP contribution in [0, 0.1) is 5.82 Å². The van der Waals surface area contributed by atoms with Crippen LogP contribution in [-0.4, -0.2) is 28.4 Å². The number of imide groups is 1. The lowest BCUT2D eigenvalue weighted by Gasteiger charge is -2.28. The Bertz CT molecular complexity index is 580. The fraction of sp³-hybridized carbons (Fsp3) is 0.533. The van der Waals surface area contributed by atoms with E-state index in [4.69, 9.17) is 9.47 Å². The van der Waals surface area contributed by atoms with E-state index in [2.05, 4.69) is 20.9 Å². The van der Waals surface area contributed by atoms with Crippen molar-refractivity contribution in [3.63, 3.8) is 0 Å². The fourth-order valence-electron chi connectivity index (χ4n) is 1.40. The molecule has 0 spiro atoms. The van der Waals surface area contributed by atoms with Crippen molar-refractivity contribution in [1.82, 2.24) is 4.98 Å². The van der Waals surface area contributed by atoms with Gasteiger partial charge in [0, 0.05) is 12.3 Å². The van der Waals surface area contributed by atoms with Gasteiger partial charge in [-0.2, -0.15) is 4.90 Å². The lowest BCUT2D eigenvalue weighted by atomic mass is 10.2. The van der Waals surface area contributed by atoms with E-state index in [1.54, 1.807) is 41.5 Å². The first-order valence-corrected chi connectivity index (χ1v) is 7.66. The molecule has 1 aromatic rings.